The van der Waals surface area contributed by atoms with Crippen LogP contribution in [-0.4, -0.2) is 15.4 Å². The average molecular weight is 301 g/mol. The van der Waals surface area contributed by atoms with Crippen molar-refractivity contribution in [1.82, 2.24) is 4.57 Å². The van der Waals surface area contributed by atoms with Gasteiger partial charge in [-0.1, -0.05) is 29.3 Å². The van der Waals surface area contributed by atoms with Gasteiger partial charge in [-0.25, -0.2) is 0 Å². The van der Waals surface area contributed by atoms with E-state index in [2.05, 4.69) is 0 Å². The number of nitro groups is 1. The molecule has 0 saturated carbocycles. The third-order valence-corrected chi connectivity index (χ3v) is 3.18. The second-order valence-corrected chi connectivity index (χ2v) is 5.16. The predicted molar refractivity (Wildman–Crippen MR) is 80.9 cm³/mol. The highest BCUT2D eigenvalue weighted by Gasteiger charge is 2.17. The highest BCUT2D eigenvalue weighted by molar-refractivity contribution is 5.92. The van der Waals surface area contributed by atoms with Crippen molar-refractivity contribution in [1.29, 1.82) is 0 Å². The number of hydrogen-bond donors (Lipinski definition) is 1. The molecule has 0 radical (unpaired) electrons. The minimum atomic E-state index is -0.983. The summed E-state index contributed by atoms with van der Waals surface area (Å²) in [7, 11) is 0. The van der Waals surface area contributed by atoms with Crippen molar-refractivity contribution < 1.29 is 9.72 Å². The smallest absolute Gasteiger partial charge is 0.286 e. The molecule has 0 spiro atoms. The Hall–Kier alpha value is -2.96. The average Bonchev–Trinajstić information content (AvgIpc) is 2.39. The fraction of sp³-hybridized carbons (Fsp3) is 0.200. The molecule has 0 saturated heterocycles. The minimum Gasteiger partial charge on any atom is -0.365 e. The molecule has 114 valence electrons. The van der Waals surface area contributed by atoms with E-state index in [1.807, 2.05) is 32.0 Å². The van der Waals surface area contributed by atoms with Crippen LogP contribution in [0.2, 0.25) is 0 Å². The van der Waals surface area contributed by atoms with Crippen LogP contribution in [-0.2, 0) is 6.54 Å². The molecule has 7 heteroatoms. The second kappa shape index (κ2) is 5.80. The van der Waals surface area contributed by atoms with E-state index in [1.165, 1.54) is 0 Å². The van der Waals surface area contributed by atoms with Crippen molar-refractivity contribution in [3.05, 3.63) is 73.2 Å². The fourth-order valence-electron chi connectivity index (χ4n) is 2.37. The Morgan fingerprint density at radius 1 is 1.23 bits per heavy atom. The van der Waals surface area contributed by atoms with Crippen molar-refractivity contribution in [3.63, 3.8) is 0 Å². The Morgan fingerprint density at radius 2 is 1.82 bits per heavy atom. The number of aryl methyl sites for hydroxylation is 2. The maximum atomic E-state index is 12.2. The number of hydrogen-bond acceptors (Lipinski definition) is 4. The lowest BCUT2D eigenvalue weighted by molar-refractivity contribution is -0.385. The first-order chi connectivity index (χ1) is 10.3. The first-order valence-corrected chi connectivity index (χ1v) is 6.54. The van der Waals surface area contributed by atoms with E-state index in [9.17, 15) is 19.7 Å². The molecule has 1 amide bonds. The number of pyridine rings is 1. The molecule has 1 heterocycles. The van der Waals surface area contributed by atoms with Gasteiger partial charge in [-0.15, -0.1) is 0 Å². The molecule has 0 aliphatic carbocycles. The van der Waals surface area contributed by atoms with Crippen LogP contribution in [0.5, 0.6) is 0 Å². The summed E-state index contributed by atoms with van der Waals surface area (Å²) >= 11 is 0. The zero-order valence-electron chi connectivity index (χ0n) is 12.2. The molecule has 0 unspecified atom stereocenters. The molecule has 2 rings (SSSR count). The molecular weight excluding hydrogens is 286 g/mol. The maximum absolute atomic E-state index is 12.2. The second-order valence-electron chi connectivity index (χ2n) is 5.16. The molecule has 0 bridgehead atoms. The van der Waals surface area contributed by atoms with Crippen LogP contribution < -0.4 is 11.3 Å². The van der Waals surface area contributed by atoms with E-state index in [0.717, 1.165) is 33.5 Å². The molecular formula is C15H15N3O4. The molecule has 7 nitrogen and oxygen atoms in total. The molecule has 0 fully saturated rings. The van der Waals surface area contributed by atoms with Crippen LogP contribution in [0.25, 0.3) is 0 Å². The lowest BCUT2D eigenvalue weighted by atomic mass is 10.1. The standard InChI is InChI=1S/C15H15N3O4/c1-9-3-10(2)5-11(4-9)7-17-8-12(18(21)22)6-13(14(16)19)15(17)20/h3-6,8H,7H2,1-2H3,(H2,16,19). The van der Waals surface area contributed by atoms with Gasteiger partial charge in [0.15, 0.2) is 0 Å². The molecule has 1 aromatic heterocycles. The van der Waals surface area contributed by atoms with Gasteiger partial charge in [0, 0.05) is 6.07 Å². The monoisotopic (exact) mass is 301 g/mol. The number of aromatic nitrogens is 1. The van der Waals surface area contributed by atoms with Crippen LogP contribution in [0.4, 0.5) is 5.69 Å². The molecule has 0 atom stereocenters. The number of rotatable bonds is 4. The van der Waals surface area contributed by atoms with E-state index in [4.69, 9.17) is 5.73 Å². The van der Waals surface area contributed by atoms with E-state index in [-0.39, 0.29) is 12.2 Å². The summed E-state index contributed by atoms with van der Waals surface area (Å²) in [5.74, 6) is -0.983. The van der Waals surface area contributed by atoms with Gasteiger partial charge in [0.05, 0.1) is 17.7 Å². The van der Waals surface area contributed by atoms with Crippen LogP contribution in [0.1, 0.15) is 27.0 Å². The number of benzene rings is 1. The predicted octanol–water partition coefficient (Wildman–Crippen LogP) is 1.52. The van der Waals surface area contributed by atoms with Gasteiger partial charge in [-0.3, -0.25) is 19.7 Å². The maximum Gasteiger partial charge on any atom is 0.286 e. The summed E-state index contributed by atoms with van der Waals surface area (Å²) in [5, 5.41) is 10.9. The van der Waals surface area contributed by atoms with Crippen molar-refractivity contribution in [3.8, 4) is 0 Å². The van der Waals surface area contributed by atoms with Crippen LogP contribution >= 0.6 is 0 Å². The third-order valence-electron chi connectivity index (χ3n) is 3.18. The van der Waals surface area contributed by atoms with Gasteiger partial charge in [-0.05, 0) is 19.4 Å². The number of amides is 1. The Morgan fingerprint density at radius 3 is 2.32 bits per heavy atom. The van der Waals surface area contributed by atoms with Crippen LogP contribution in [0.15, 0.2) is 35.3 Å². The van der Waals surface area contributed by atoms with E-state index >= 15 is 0 Å². The van der Waals surface area contributed by atoms with Crippen LogP contribution in [0.3, 0.4) is 0 Å². The molecule has 0 aliphatic rings. The normalized spacial score (nSPS) is 10.5. The lowest BCUT2D eigenvalue weighted by Gasteiger charge is -2.09. The fourth-order valence-corrected chi connectivity index (χ4v) is 2.37. The summed E-state index contributed by atoms with van der Waals surface area (Å²) in [4.78, 5) is 33.8. The summed E-state index contributed by atoms with van der Waals surface area (Å²) in [6, 6.07) is 6.64. The Bertz CT molecular complexity index is 804. The zero-order valence-corrected chi connectivity index (χ0v) is 12.2. The number of nitrogens with two attached hydrogens (primary N) is 1. The Labute approximate surface area is 126 Å². The molecule has 1 aromatic carbocycles. The van der Waals surface area contributed by atoms with Crippen LogP contribution in [0, 0.1) is 24.0 Å². The number of primary amides is 1. The largest absolute Gasteiger partial charge is 0.365 e. The first kappa shape index (κ1) is 15.4. The number of carbonyl (C=O) groups is 1. The SMILES string of the molecule is Cc1cc(C)cc(Cn2cc([N+](=O)[O-])cc(C(N)=O)c2=O)c1. The van der Waals surface area contributed by atoms with E-state index in [1.54, 1.807) is 0 Å². The summed E-state index contributed by atoms with van der Waals surface area (Å²) in [5.41, 5.74) is 6.59. The van der Waals surface area contributed by atoms with Gasteiger partial charge >= 0.3 is 0 Å². The topological polar surface area (TPSA) is 108 Å². The summed E-state index contributed by atoms with van der Waals surface area (Å²) < 4.78 is 1.13. The summed E-state index contributed by atoms with van der Waals surface area (Å²) in [6.45, 7) is 3.96. The van der Waals surface area contributed by atoms with Crippen molar-refractivity contribution in [2.24, 2.45) is 5.73 Å². The van der Waals surface area contributed by atoms with Gasteiger partial charge in [-0.2, -0.15) is 0 Å². The molecule has 2 aromatic rings. The van der Waals surface area contributed by atoms with Gasteiger partial charge in [0.1, 0.15) is 5.56 Å². The molecule has 2 N–H and O–H groups in total. The lowest BCUT2D eigenvalue weighted by Crippen LogP contribution is -2.30. The molecule has 22 heavy (non-hydrogen) atoms. The zero-order chi connectivity index (χ0) is 16.4. The van der Waals surface area contributed by atoms with Crippen molar-refractivity contribution >= 4 is 11.6 Å². The van der Waals surface area contributed by atoms with Crippen molar-refractivity contribution in [2.75, 3.05) is 0 Å². The highest BCUT2D eigenvalue weighted by Crippen LogP contribution is 2.13. The highest BCUT2D eigenvalue weighted by atomic mass is 16.6. The summed E-state index contributed by atoms with van der Waals surface area (Å²) in [6.07, 6.45) is 1.12. The van der Waals surface area contributed by atoms with Gasteiger partial charge in [0.2, 0.25) is 0 Å². The van der Waals surface area contributed by atoms with Gasteiger partial charge in [0.25, 0.3) is 17.2 Å². The number of nitrogens with zero attached hydrogens (tertiary/aromatic N) is 2. The first-order valence-electron chi connectivity index (χ1n) is 6.54. The number of carbonyl (C=O) groups excluding carboxylic acids is 1. The van der Waals surface area contributed by atoms with Gasteiger partial charge < -0.3 is 10.3 Å². The minimum absolute atomic E-state index is 0.128. The Balaban J connectivity index is 2.56. The van der Waals surface area contributed by atoms with E-state index < -0.39 is 22.0 Å². The third kappa shape index (κ3) is 3.20. The van der Waals surface area contributed by atoms with Crippen molar-refractivity contribution in [2.45, 2.75) is 20.4 Å². The molecule has 0 aliphatic heterocycles. The Kier molecular flexibility index (Phi) is 4.07. The van der Waals surface area contributed by atoms with E-state index in [0.29, 0.717) is 0 Å². The quantitative estimate of drug-likeness (QED) is 0.682.